The molecule has 0 N–H and O–H groups in total. The Balaban J connectivity index is 2.71. The first-order chi connectivity index (χ1) is 10.5. The summed E-state index contributed by atoms with van der Waals surface area (Å²) in [6, 6.07) is 2.98. The summed E-state index contributed by atoms with van der Waals surface area (Å²) in [7, 11) is -2.01. The number of alkyl halides is 3. The first-order valence-corrected chi connectivity index (χ1v) is 10.3. The molecule has 0 spiro atoms. The lowest BCUT2D eigenvalue weighted by molar-refractivity contribution is -0.137. The number of pyridine rings is 1. The zero-order valence-electron chi connectivity index (χ0n) is 14.6. The van der Waals surface area contributed by atoms with Crippen molar-refractivity contribution in [2.45, 2.75) is 64.3 Å². The first-order valence-electron chi connectivity index (χ1n) is 8.07. The van der Waals surface area contributed by atoms with Crippen molar-refractivity contribution in [3.63, 3.8) is 0 Å². The van der Waals surface area contributed by atoms with Crippen LogP contribution < -0.4 is 0 Å². The monoisotopic (exact) mass is 342 g/mol. The van der Waals surface area contributed by atoms with E-state index in [0.29, 0.717) is 27.7 Å². The van der Waals surface area contributed by atoms with Crippen molar-refractivity contribution in [1.82, 2.24) is 9.22 Å². The molecule has 0 aliphatic carbocycles. The van der Waals surface area contributed by atoms with Gasteiger partial charge in [0.2, 0.25) is 0 Å². The summed E-state index contributed by atoms with van der Waals surface area (Å²) >= 11 is 0. The molecule has 0 saturated heterocycles. The third-order valence-corrected chi connectivity index (χ3v) is 11.8. The van der Waals surface area contributed by atoms with Crippen LogP contribution in [-0.4, -0.2) is 17.5 Å². The normalized spacial score (nSPS) is 13.7. The van der Waals surface area contributed by atoms with Crippen molar-refractivity contribution >= 4 is 19.3 Å². The van der Waals surface area contributed by atoms with Crippen LogP contribution in [0, 0.1) is 0 Å². The summed E-state index contributed by atoms with van der Waals surface area (Å²) in [5, 5.41) is 0.568. The lowest BCUT2D eigenvalue weighted by atomic mass is 10.2. The molecule has 0 aliphatic rings. The van der Waals surface area contributed by atoms with Crippen molar-refractivity contribution in [2.75, 3.05) is 0 Å². The summed E-state index contributed by atoms with van der Waals surface area (Å²) in [4.78, 5) is 4.20. The van der Waals surface area contributed by atoms with Crippen LogP contribution in [0.4, 0.5) is 13.2 Å². The molecule has 2 nitrogen and oxygen atoms in total. The van der Waals surface area contributed by atoms with E-state index in [1.54, 1.807) is 6.07 Å². The molecule has 0 radical (unpaired) electrons. The van der Waals surface area contributed by atoms with Gasteiger partial charge >= 0.3 is 6.18 Å². The van der Waals surface area contributed by atoms with Gasteiger partial charge in [-0.05, 0) is 35.0 Å². The van der Waals surface area contributed by atoms with Gasteiger partial charge in [-0.2, -0.15) is 13.2 Å². The Hall–Kier alpha value is -1.30. The van der Waals surface area contributed by atoms with Crippen molar-refractivity contribution in [2.24, 2.45) is 0 Å². The largest absolute Gasteiger partial charge is 0.417 e. The predicted octanol–water partition coefficient (Wildman–Crippen LogP) is 6.08. The maximum Gasteiger partial charge on any atom is 0.417 e. The quantitative estimate of drug-likeness (QED) is 0.616. The van der Waals surface area contributed by atoms with E-state index in [9.17, 15) is 13.2 Å². The highest BCUT2D eigenvalue weighted by Gasteiger charge is 2.46. The van der Waals surface area contributed by atoms with Crippen molar-refractivity contribution in [1.29, 1.82) is 0 Å². The molecule has 0 atom stereocenters. The lowest BCUT2D eigenvalue weighted by Gasteiger charge is -2.44. The van der Waals surface area contributed by atoms with E-state index in [1.165, 1.54) is 6.07 Å². The maximum absolute atomic E-state index is 12.9. The van der Waals surface area contributed by atoms with Gasteiger partial charge in [0.25, 0.3) is 0 Å². The standard InChI is InChI=1S/C17H25F3N2Si/c1-11(2)23(12(3)4,13(5)6)22-8-7-14-9-15(17(18,19)20)10-21-16(14)22/h7-13H,1-6H3. The Morgan fingerprint density at radius 1 is 1.00 bits per heavy atom. The minimum absolute atomic E-state index is 0.460. The van der Waals surface area contributed by atoms with Crippen LogP contribution in [-0.2, 0) is 6.18 Å². The molecule has 2 heterocycles. The Morgan fingerprint density at radius 3 is 1.96 bits per heavy atom. The van der Waals surface area contributed by atoms with Crippen molar-refractivity contribution in [3.8, 4) is 0 Å². The van der Waals surface area contributed by atoms with E-state index < -0.39 is 20.0 Å². The first kappa shape index (κ1) is 18.0. The van der Waals surface area contributed by atoms with Gasteiger partial charge in [-0.15, -0.1) is 0 Å². The summed E-state index contributed by atoms with van der Waals surface area (Å²) < 4.78 is 40.9. The van der Waals surface area contributed by atoms with Crippen LogP contribution in [0.25, 0.3) is 11.0 Å². The number of rotatable bonds is 4. The van der Waals surface area contributed by atoms with E-state index in [2.05, 4.69) is 50.8 Å². The second-order valence-electron chi connectivity index (χ2n) is 7.17. The highest BCUT2D eigenvalue weighted by molar-refractivity contribution is 6.82. The molecule has 2 aromatic heterocycles. The molecule has 0 saturated carbocycles. The highest BCUT2D eigenvalue weighted by atomic mass is 28.3. The molecule has 0 aromatic carbocycles. The van der Waals surface area contributed by atoms with Gasteiger partial charge in [0.15, 0.2) is 8.24 Å². The number of hydrogen-bond donors (Lipinski definition) is 0. The van der Waals surface area contributed by atoms with Gasteiger partial charge < -0.3 is 4.23 Å². The summed E-state index contributed by atoms with van der Waals surface area (Å²) in [5.74, 6) is 0. The molecule has 128 valence electrons. The van der Waals surface area contributed by atoms with E-state index in [1.807, 2.05) is 6.20 Å². The molecule has 2 rings (SSSR count). The van der Waals surface area contributed by atoms with Gasteiger partial charge in [-0.25, -0.2) is 4.98 Å². The van der Waals surface area contributed by atoms with Crippen LogP contribution in [0.2, 0.25) is 16.6 Å². The number of nitrogens with zero attached hydrogens (tertiary/aromatic N) is 2. The van der Waals surface area contributed by atoms with E-state index in [0.717, 1.165) is 6.20 Å². The Bertz CT molecular complexity index is 665. The van der Waals surface area contributed by atoms with Gasteiger partial charge in [-0.1, -0.05) is 41.5 Å². The minimum atomic E-state index is -4.36. The zero-order chi connectivity index (χ0) is 17.6. The maximum atomic E-state index is 12.9. The molecule has 0 unspecified atom stereocenters. The van der Waals surface area contributed by atoms with Crippen molar-refractivity contribution in [3.05, 3.63) is 30.1 Å². The summed E-state index contributed by atoms with van der Waals surface area (Å²) in [6.45, 7) is 13.3. The Morgan fingerprint density at radius 2 is 1.52 bits per heavy atom. The molecular formula is C17H25F3N2Si. The lowest BCUT2D eigenvalue weighted by Crippen LogP contribution is -2.51. The third kappa shape index (κ3) is 2.82. The third-order valence-electron chi connectivity index (χ3n) is 5.05. The Labute approximate surface area is 136 Å². The van der Waals surface area contributed by atoms with Crippen LogP contribution in [0.15, 0.2) is 24.5 Å². The summed E-state index contributed by atoms with van der Waals surface area (Å²) in [6.07, 6.45) is -1.45. The molecule has 0 amide bonds. The topological polar surface area (TPSA) is 17.8 Å². The van der Waals surface area contributed by atoms with Crippen LogP contribution in [0.3, 0.4) is 0 Å². The second kappa shape index (κ2) is 5.96. The molecule has 6 heteroatoms. The van der Waals surface area contributed by atoms with Gasteiger partial charge in [-0.3, -0.25) is 0 Å². The second-order valence-corrected chi connectivity index (χ2v) is 12.9. The molecule has 23 heavy (non-hydrogen) atoms. The van der Waals surface area contributed by atoms with Crippen molar-refractivity contribution < 1.29 is 13.2 Å². The van der Waals surface area contributed by atoms with Gasteiger partial charge in [0.05, 0.1) is 5.56 Å². The van der Waals surface area contributed by atoms with Gasteiger partial charge in [0.1, 0.15) is 5.65 Å². The SMILES string of the molecule is CC(C)[Si](C(C)C)(C(C)C)n1ccc2cc(C(F)(F)F)cnc21. The fourth-order valence-corrected chi connectivity index (χ4v) is 10.9. The average molecular weight is 342 g/mol. The smallest absolute Gasteiger partial charge is 0.359 e. The predicted molar refractivity (Wildman–Crippen MR) is 91.2 cm³/mol. The van der Waals surface area contributed by atoms with Crippen LogP contribution in [0.1, 0.15) is 47.1 Å². The molecule has 2 aromatic rings. The van der Waals surface area contributed by atoms with Crippen LogP contribution in [0.5, 0.6) is 0 Å². The number of hydrogen-bond acceptors (Lipinski definition) is 1. The zero-order valence-corrected chi connectivity index (χ0v) is 15.6. The fourth-order valence-electron chi connectivity index (χ4n) is 4.33. The molecular weight excluding hydrogens is 317 g/mol. The Kier molecular flexibility index (Phi) is 4.68. The van der Waals surface area contributed by atoms with E-state index >= 15 is 0 Å². The van der Waals surface area contributed by atoms with E-state index in [-0.39, 0.29) is 0 Å². The van der Waals surface area contributed by atoms with Crippen LogP contribution >= 0.6 is 0 Å². The number of aromatic nitrogens is 2. The van der Waals surface area contributed by atoms with Gasteiger partial charge in [0, 0.05) is 11.6 Å². The highest BCUT2D eigenvalue weighted by Crippen LogP contribution is 2.44. The number of halogens is 3. The average Bonchev–Trinajstić information content (AvgIpc) is 2.80. The summed E-state index contributed by atoms with van der Waals surface area (Å²) in [5.41, 5.74) is 1.38. The van der Waals surface area contributed by atoms with E-state index in [4.69, 9.17) is 0 Å². The molecule has 0 fully saturated rings. The molecule has 0 aliphatic heterocycles. The number of fused-ring (bicyclic) bond motifs is 1. The fraction of sp³-hybridized carbons (Fsp3) is 0.588. The minimum Gasteiger partial charge on any atom is -0.359 e. The molecule has 0 bridgehead atoms.